The van der Waals surface area contributed by atoms with Crippen LogP contribution < -0.4 is 29.1 Å². The standard InChI is InChI=1S/C30H33BrN2O6S/c1-7-9-21-26(29(35)38-8-2)27(20-16-19(31)11-13-22(20)36-5)33-28(34)25(40-30(33)32-21)15-18-10-12-23(39-17(3)4)24(14-18)37-6/h10-17,27H,7-9H2,1-6H3/b25-15+/t27-/m0/s1. The maximum absolute atomic E-state index is 14.0. The fourth-order valence-electron chi connectivity index (χ4n) is 4.61. The van der Waals surface area contributed by atoms with Crippen LogP contribution in [0.15, 0.2) is 61.9 Å². The molecule has 10 heteroatoms. The molecule has 0 radical (unpaired) electrons. The average Bonchev–Trinajstić information content (AvgIpc) is 3.22. The van der Waals surface area contributed by atoms with Crippen molar-refractivity contribution in [3.05, 3.63) is 83.0 Å². The number of fused-ring (bicyclic) bond motifs is 1. The van der Waals surface area contributed by atoms with Crippen LogP contribution in [0.5, 0.6) is 17.2 Å². The highest BCUT2D eigenvalue weighted by Gasteiger charge is 2.36. The zero-order valence-corrected chi connectivity index (χ0v) is 25.9. The predicted octanol–water partition coefficient (Wildman–Crippen LogP) is 5.15. The Kier molecular flexibility index (Phi) is 9.52. The molecule has 2 aromatic carbocycles. The van der Waals surface area contributed by atoms with Crippen LogP contribution in [0.2, 0.25) is 0 Å². The third kappa shape index (κ3) is 6.02. The summed E-state index contributed by atoms with van der Waals surface area (Å²) in [5.74, 6) is 1.25. The molecular weight excluding hydrogens is 596 g/mol. The van der Waals surface area contributed by atoms with E-state index in [-0.39, 0.29) is 18.3 Å². The zero-order chi connectivity index (χ0) is 29.0. The van der Waals surface area contributed by atoms with E-state index in [1.165, 1.54) is 11.3 Å². The second-order valence-corrected chi connectivity index (χ2v) is 11.3. The number of ether oxygens (including phenoxy) is 4. The summed E-state index contributed by atoms with van der Waals surface area (Å²) in [7, 11) is 3.15. The molecule has 0 amide bonds. The Bertz CT molecular complexity index is 1620. The van der Waals surface area contributed by atoms with Crippen molar-refractivity contribution in [1.82, 2.24) is 4.57 Å². The summed E-state index contributed by atoms with van der Waals surface area (Å²) < 4.78 is 25.4. The highest BCUT2D eigenvalue weighted by atomic mass is 79.9. The van der Waals surface area contributed by atoms with Gasteiger partial charge in [0.05, 0.1) is 42.7 Å². The van der Waals surface area contributed by atoms with Gasteiger partial charge in [0, 0.05) is 10.0 Å². The van der Waals surface area contributed by atoms with Gasteiger partial charge in [0.15, 0.2) is 16.3 Å². The number of hydrogen-bond acceptors (Lipinski definition) is 8. The lowest BCUT2D eigenvalue weighted by Gasteiger charge is -2.27. The highest BCUT2D eigenvalue weighted by Crippen LogP contribution is 2.38. The Morgan fingerprint density at radius 3 is 2.48 bits per heavy atom. The van der Waals surface area contributed by atoms with Crippen LogP contribution >= 0.6 is 27.3 Å². The molecule has 0 N–H and O–H groups in total. The summed E-state index contributed by atoms with van der Waals surface area (Å²) in [6.45, 7) is 7.88. The van der Waals surface area contributed by atoms with Crippen molar-refractivity contribution >= 4 is 39.3 Å². The van der Waals surface area contributed by atoms with E-state index in [2.05, 4.69) is 15.9 Å². The molecule has 0 saturated heterocycles. The number of aromatic nitrogens is 1. The maximum Gasteiger partial charge on any atom is 0.338 e. The number of methoxy groups -OCH3 is 2. The number of esters is 1. The first kappa shape index (κ1) is 29.6. The van der Waals surface area contributed by atoms with Crippen molar-refractivity contribution in [3.63, 3.8) is 0 Å². The molecule has 4 rings (SSSR count). The molecule has 1 atom stereocenters. The SMILES string of the molecule is CCCC1=C(C(=O)OCC)[C@H](c2cc(Br)ccc2OC)n2c(s/c(=C/c3ccc(OC(C)C)c(OC)c3)c2=O)=N1. The van der Waals surface area contributed by atoms with Crippen molar-refractivity contribution < 1.29 is 23.7 Å². The van der Waals surface area contributed by atoms with Gasteiger partial charge in [-0.3, -0.25) is 9.36 Å². The third-order valence-corrected chi connectivity index (χ3v) is 7.70. The van der Waals surface area contributed by atoms with Gasteiger partial charge in [-0.15, -0.1) is 0 Å². The largest absolute Gasteiger partial charge is 0.496 e. The maximum atomic E-state index is 14.0. The summed E-state index contributed by atoms with van der Waals surface area (Å²) in [4.78, 5) is 32.8. The van der Waals surface area contributed by atoms with Crippen LogP contribution in [0.3, 0.4) is 0 Å². The van der Waals surface area contributed by atoms with Crippen molar-refractivity contribution in [2.45, 2.75) is 52.7 Å². The van der Waals surface area contributed by atoms with Gasteiger partial charge in [0.25, 0.3) is 5.56 Å². The van der Waals surface area contributed by atoms with E-state index in [0.29, 0.717) is 49.8 Å². The Morgan fingerprint density at radius 2 is 1.82 bits per heavy atom. The molecule has 8 nitrogen and oxygen atoms in total. The first-order valence-electron chi connectivity index (χ1n) is 13.1. The summed E-state index contributed by atoms with van der Waals surface area (Å²) in [5.41, 5.74) is 2.12. The number of allylic oxidation sites excluding steroid dienone is 1. The lowest BCUT2D eigenvalue weighted by atomic mass is 9.93. The van der Waals surface area contributed by atoms with E-state index in [9.17, 15) is 9.59 Å². The number of halogens is 1. The van der Waals surface area contributed by atoms with Crippen molar-refractivity contribution in [2.24, 2.45) is 4.99 Å². The quantitative estimate of drug-likeness (QED) is 0.289. The van der Waals surface area contributed by atoms with E-state index in [0.717, 1.165) is 16.5 Å². The van der Waals surface area contributed by atoms with Crippen molar-refractivity contribution in [1.29, 1.82) is 0 Å². The molecule has 1 aromatic heterocycles. The first-order chi connectivity index (χ1) is 19.2. The molecule has 0 fully saturated rings. The summed E-state index contributed by atoms with van der Waals surface area (Å²) >= 11 is 4.82. The normalized spacial score (nSPS) is 15.1. The molecule has 0 spiro atoms. The molecule has 2 heterocycles. The minimum atomic E-state index is -0.775. The van der Waals surface area contributed by atoms with Crippen molar-refractivity contribution in [2.75, 3.05) is 20.8 Å². The first-order valence-corrected chi connectivity index (χ1v) is 14.7. The summed E-state index contributed by atoms with van der Waals surface area (Å²) in [6, 6.07) is 10.3. The predicted molar refractivity (Wildman–Crippen MR) is 159 cm³/mol. The third-order valence-electron chi connectivity index (χ3n) is 6.23. The van der Waals surface area contributed by atoms with Gasteiger partial charge >= 0.3 is 5.97 Å². The van der Waals surface area contributed by atoms with Gasteiger partial charge in [-0.25, -0.2) is 9.79 Å². The van der Waals surface area contributed by atoms with Crippen LogP contribution in [0.25, 0.3) is 6.08 Å². The van der Waals surface area contributed by atoms with Gasteiger partial charge < -0.3 is 18.9 Å². The van der Waals surface area contributed by atoms with Crippen LogP contribution in [0.4, 0.5) is 0 Å². The van der Waals surface area contributed by atoms with Crippen LogP contribution in [0, 0.1) is 0 Å². The number of hydrogen-bond donors (Lipinski definition) is 0. The van der Waals surface area contributed by atoms with E-state index < -0.39 is 12.0 Å². The second-order valence-electron chi connectivity index (χ2n) is 9.38. The minimum Gasteiger partial charge on any atom is -0.496 e. The fourth-order valence-corrected chi connectivity index (χ4v) is 6.01. The Hall–Kier alpha value is -3.37. The molecule has 1 aliphatic rings. The molecule has 0 saturated carbocycles. The molecule has 1 aliphatic heterocycles. The van der Waals surface area contributed by atoms with E-state index in [1.54, 1.807) is 31.8 Å². The van der Waals surface area contributed by atoms with E-state index >= 15 is 0 Å². The minimum absolute atomic E-state index is 0.00985. The topological polar surface area (TPSA) is 88.4 Å². The highest BCUT2D eigenvalue weighted by molar-refractivity contribution is 9.10. The zero-order valence-electron chi connectivity index (χ0n) is 23.4. The van der Waals surface area contributed by atoms with E-state index in [1.807, 2.05) is 57.2 Å². The summed E-state index contributed by atoms with van der Waals surface area (Å²) in [6.07, 6.45) is 3.11. The number of benzene rings is 2. The van der Waals surface area contributed by atoms with Gasteiger partial charge in [-0.1, -0.05) is 46.7 Å². The monoisotopic (exact) mass is 628 g/mol. The van der Waals surface area contributed by atoms with Crippen LogP contribution in [-0.2, 0) is 9.53 Å². The molecule has 0 aliphatic carbocycles. The Morgan fingerprint density at radius 1 is 1.10 bits per heavy atom. The summed E-state index contributed by atoms with van der Waals surface area (Å²) in [5, 5.41) is 0. The van der Waals surface area contributed by atoms with E-state index in [4.69, 9.17) is 23.9 Å². The second kappa shape index (κ2) is 12.9. The van der Waals surface area contributed by atoms with Crippen LogP contribution in [0.1, 0.15) is 57.7 Å². The van der Waals surface area contributed by atoms with Crippen molar-refractivity contribution in [3.8, 4) is 17.2 Å². The molecule has 0 unspecified atom stereocenters. The molecule has 212 valence electrons. The average molecular weight is 630 g/mol. The lowest BCUT2D eigenvalue weighted by Crippen LogP contribution is -2.40. The Balaban J connectivity index is 1.98. The number of carbonyl (C=O) groups is 1. The van der Waals surface area contributed by atoms with Gasteiger partial charge in [0.1, 0.15) is 11.8 Å². The molecule has 0 bridgehead atoms. The number of nitrogens with zero attached hydrogens (tertiary/aromatic N) is 2. The van der Waals surface area contributed by atoms with Gasteiger partial charge in [-0.05, 0) is 69.2 Å². The van der Waals surface area contributed by atoms with Crippen LogP contribution in [-0.4, -0.2) is 37.5 Å². The number of rotatable bonds is 10. The number of carbonyl (C=O) groups excluding carboxylic acids is 1. The van der Waals surface area contributed by atoms with Gasteiger partial charge in [0.2, 0.25) is 0 Å². The lowest BCUT2D eigenvalue weighted by molar-refractivity contribution is -0.139. The Labute approximate surface area is 245 Å². The molecule has 40 heavy (non-hydrogen) atoms. The smallest absolute Gasteiger partial charge is 0.338 e. The van der Waals surface area contributed by atoms with Gasteiger partial charge in [-0.2, -0.15) is 0 Å². The molecule has 3 aromatic rings. The molecular formula is C30H33BrN2O6S. The number of thiazole rings is 1. The fraction of sp³-hybridized carbons (Fsp3) is 0.367.